The first kappa shape index (κ1) is 30.2. The number of nitrogens with two attached hydrogens (primary N) is 1. The van der Waals surface area contributed by atoms with Crippen LogP contribution in [-0.4, -0.2) is 44.1 Å². The van der Waals surface area contributed by atoms with Gasteiger partial charge in [0.05, 0.1) is 10.5 Å². The molecular formula is C31H31FN4O5S. The summed E-state index contributed by atoms with van der Waals surface area (Å²) >= 11 is 0. The smallest absolute Gasteiger partial charge is 0.264 e. The van der Waals surface area contributed by atoms with E-state index >= 15 is 0 Å². The van der Waals surface area contributed by atoms with Gasteiger partial charge in [0.1, 0.15) is 11.7 Å². The summed E-state index contributed by atoms with van der Waals surface area (Å²) in [7, 11) is -4.27. The number of anilines is 2. The lowest BCUT2D eigenvalue weighted by Gasteiger charge is -2.25. The van der Waals surface area contributed by atoms with Crippen LogP contribution in [0.5, 0.6) is 0 Å². The van der Waals surface area contributed by atoms with Crippen LogP contribution in [0.4, 0.5) is 15.8 Å². The number of rotatable bonds is 10. The number of hydrogen-bond acceptors (Lipinski definition) is 6. The normalized spacial score (nSPS) is 12.0. The second-order valence-corrected chi connectivity index (χ2v) is 11.3. The number of nitrogens with zero attached hydrogens (tertiary/aromatic N) is 1. The van der Waals surface area contributed by atoms with E-state index in [4.69, 9.17) is 5.73 Å². The number of nitrogens with one attached hydrogen (secondary N) is 2. The molecule has 4 N–H and O–H groups in total. The van der Waals surface area contributed by atoms with Gasteiger partial charge in [-0.1, -0.05) is 42.5 Å². The highest BCUT2D eigenvalue weighted by Gasteiger charge is 2.33. The first-order valence-electron chi connectivity index (χ1n) is 13.3. The Morgan fingerprint density at radius 1 is 0.881 bits per heavy atom. The van der Waals surface area contributed by atoms with Crippen LogP contribution in [0.2, 0.25) is 0 Å². The van der Waals surface area contributed by atoms with Crippen molar-refractivity contribution < 1.29 is 27.2 Å². The van der Waals surface area contributed by atoms with Gasteiger partial charge >= 0.3 is 0 Å². The molecule has 4 aromatic carbocycles. The van der Waals surface area contributed by atoms with E-state index in [0.29, 0.717) is 29.7 Å². The molecule has 0 aliphatic carbocycles. The number of hydrogen-bond donors (Lipinski definition) is 3. The molecule has 1 atom stereocenters. The van der Waals surface area contributed by atoms with Crippen molar-refractivity contribution >= 4 is 49.9 Å². The average Bonchev–Trinajstić information content (AvgIpc) is 2.97. The number of sulfonamides is 1. The number of fused-ring (bicyclic) bond motifs is 1. The van der Waals surface area contributed by atoms with Gasteiger partial charge in [-0.25, -0.2) is 17.5 Å². The molecule has 0 radical (unpaired) electrons. The number of halogens is 1. The fourth-order valence-corrected chi connectivity index (χ4v) is 5.58. The van der Waals surface area contributed by atoms with Gasteiger partial charge in [-0.3, -0.25) is 14.4 Å². The van der Waals surface area contributed by atoms with Crippen molar-refractivity contribution in [3.8, 4) is 0 Å². The summed E-state index contributed by atoms with van der Waals surface area (Å²) in [6.45, 7) is 4.21. The van der Waals surface area contributed by atoms with Crippen molar-refractivity contribution in [3.05, 3.63) is 102 Å². The maximum absolute atomic E-state index is 13.6. The van der Waals surface area contributed by atoms with Gasteiger partial charge in [-0.15, -0.1) is 0 Å². The number of benzene rings is 4. The topological polar surface area (TPSA) is 139 Å². The lowest BCUT2D eigenvalue weighted by Crippen LogP contribution is -2.46. The van der Waals surface area contributed by atoms with Crippen molar-refractivity contribution in [2.45, 2.75) is 25.2 Å². The molecule has 1 unspecified atom stereocenters. The minimum Gasteiger partial charge on any atom is -0.398 e. The molecule has 4 rings (SSSR count). The molecule has 0 aliphatic heterocycles. The predicted octanol–water partition coefficient (Wildman–Crippen LogP) is 4.35. The van der Waals surface area contributed by atoms with Gasteiger partial charge in [0.15, 0.2) is 0 Å². The van der Waals surface area contributed by atoms with Crippen LogP contribution in [0.3, 0.4) is 0 Å². The zero-order valence-corrected chi connectivity index (χ0v) is 24.0. The van der Waals surface area contributed by atoms with Crippen LogP contribution in [0.15, 0.2) is 89.8 Å². The van der Waals surface area contributed by atoms with Gasteiger partial charge in [0.25, 0.3) is 15.9 Å². The highest BCUT2D eigenvalue weighted by Crippen LogP contribution is 2.22. The standard InChI is InChI=1S/C31H31FN4O5S/c1-3-36(4-2)31(39)27(30(38)35-42(40,41)25-15-11-21-7-5-6-8-22(21)18-25)17-20-9-13-24(14-10-20)34-29(37)26-19-23(32)12-16-28(26)33/h5-16,18-19,27H,3-4,17,33H2,1-2H3,(H,34,37)(H,35,38). The fraction of sp³-hybridized carbons (Fsp3) is 0.194. The Morgan fingerprint density at radius 3 is 2.21 bits per heavy atom. The Morgan fingerprint density at radius 2 is 1.55 bits per heavy atom. The summed E-state index contributed by atoms with van der Waals surface area (Å²) in [6, 6.07) is 21.6. The Kier molecular flexibility index (Phi) is 9.21. The Bertz CT molecular complexity index is 1740. The van der Waals surface area contributed by atoms with Gasteiger partial charge < -0.3 is 16.0 Å². The minimum atomic E-state index is -4.27. The van der Waals surface area contributed by atoms with Crippen LogP contribution in [0, 0.1) is 11.7 Å². The summed E-state index contributed by atoms with van der Waals surface area (Å²) in [5.41, 5.74) is 6.82. The van der Waals surface area contributed by atoms with Crippen LogP contribution >= 0.6 is 0 Å². The highest BCUT2D eigenvalue weighted by atomic mass is 32.2. The maximum atomic E-state index is 13.6. The lowest BCUT2D eigenvalue weighted by molar-refractivity contribution is -0.141. The van der Waals surface area contributed by atoms with E-state index in [2.05, 4.69) is 10.0 Å². The van der Waals surface area contributed by atoms with Crippen molar-refractivity contribution in [1.29, 1.82) is 0 Å². The van der Waals surface area contributed by atoms with Crippen LogP contribution in [0.1, 0.15) is 29.8 Å². The monoisotopic (exact) mass is 590 g/mol. The lowest BCUT2D eigenvalue weighted by atomic mass is 9.97. The van der Waals surface area contributed by atoms with E-state index in [1.807, 2.05) is 12.1 Å². The molecule has 9 nitrogen and oxygen atoms in total. The van der Waals surface area contributed by atoms with Crippen molar-refractivity contribution in [3.63, 3.8) is 0 Å². The molecule has 0 saturated carbocycles. The van der Waals surface area contributed by atoms with Crippen LogP contribution in [0.25, 0.3) is 10.8 Å². The highest BCUT2D eigenvalue weighted by molar-refractivity contribution is 7.90. The number of amides is 3. The molecule has 0 aliphatic rings. The summed E-state index contributed by atoms with van der Waals surface area (Å²) in [4.78, 5) is 40.7. The van der Waals surface area contributed by atoms with E-state index in [-0.39, 0.29) is 22.6 Å². The summed E-state index contributed by atoms with van der Waals surface area (Å²) < 4.78 is 42.0. The second-order valence-electron chi connectivity index (χ2n) is 9.63. The third-order valence-corrected chi connectivity index (χ3v) is 8.21. The largest absolute Gasteiger partial charge is 0.398 e. The molecule has 0 bridgehead atoms. The molecule has 0 spiro atoms. The SMILES string of the molecule is CCN(CC)C(=O)C(Cc1ccc(NC(=O)c2cc(F)ccc2N)cc1)C(=O)NS(=O)(=O)c1ccc2ccccc2c1. The third-order valence-electron chi connectivity index (χ3n) is 6.87. The average molecular weight is 591 g/mol. The Hall–Kier alpha value is -4.77. The third kappa shape index (κ3) is 6.92. The molecule has 4 aromatic rings. The fourth-order valence-electron chi connectivity index (χ4n) is 4.53. The first-order chi connectivity index (χ1) is 20.0. The van der Waals surface area contributed by atoms with E-state index in [1.54, 1.807) is 56.3 Å². The molecule has 11 heteroatoms. The van der Waals surface area contributed by atoms with Crippen molar-refractivity contribution in [1.82, 2.24) is 9.62 Å². The molecule has 42 heavy (non-hydrogen) atoms. The van der Waals surface area contributed by atoms with Gasteiger partial charge in [0, 0.05) is 24.5 Å². The maximum Gasteiger partial charge on any atom is 0.264 e. The van der Waals surface area contributed by atoms with E-state index in [9.17, 15) is 27.2 Å². The number of nitrogen functional groups attached to an aromatic ring is 1. The second kappa shape index (κ2) is 12.8. The zero-order chi connectivity index (χ0) is 30.4. The summed E-state index contributed by atoms with van der Waals surface area (Å²) in [5.74, 6) is -3.99. The van der Waals surface area contributed by atoms with E-state index in [1.165, 1.54) is 23.1 Å². The molecule has 0 aromatic heterocycles. The van der Waals surface area contributed by atoms with Crippen LogP contribution in [-0.2, 0) is 26.0 Å². The molecule has 0 fully saturated rings. The Labute approximate surface area is 243 Å². The molecule has 3 amide bonds. The predicted molar refractivity (Wildman–Crippen MR) is 160 cm³/mol. The Balaban J connectivity index is 1.54. The number of carbonyl (C=O) groups excluding carboxylic acids is 3. The molecular weight excluding hydrogens is 559 g/mol. The van der Waals surface area contributed by atoms with Crippen LogP contribution < -0.4 is 15.8 Å². The zero-order valence-electron chi connectivity index (χ0n) is 23.1. The van der Waals surface area contributed by atoms with Crippen molar-refractivity contribution in [2.24, 2.45) is 5.92 Å². The van der Waals surface area contributed by atoms with E-state index in [0.717, 1.165) is 17.5 Å². The summed E-state index contributed by atoms with van der Waals surface area (Å²) in [5, 5.41) is 4.17. The van der Waals surface area contributed by atoms with Crippen molar-refractivity contribution in [2.75, 3.05) is 24.1 Å². The first-order valence-corrected chi connectivity index (χ1v) is 14.8. The van der Waals surface area contributed by atoms with Gasteiger partial charge in [0.2, 0.25) is 11.8 Å². The minimum absolute atomic E-state index is 0.0201. The molecule has 0 saturated heterocycles. The van der Waals surface area contributed by atoms with Gasteiger partial charge in [-0.2, -0.15) is 0 Å². The molecule has 218 valence electrons. The summed E-state index contributed by atoms with van der Waals surface area (Å²) in [6.07, 6.45) is -0.0839. The van der Waals surface area contributed by atoms with E-state index < -0.39 is 39.5 Å². The van der Waals surface area contributed by atoms with Gasteiger partial charge in [-0.05, 0) is 79.1 Å². The quantitative estimate of drug-likeness (QED) is 0.186. The molecule has 0 heterocycles. The number of carbonyl (C=O) groups is 3.